The van der Waals surface area contributed by atoms with Crippen molar-refractivity contribution < 1.29 is 29.2 Å². The minimum atomic E-state index is -0.452. The number of allylic oxidation sites excluding steroid dienone is 8. The van der Waals surface area contributed by atoms with E-state index in [1.807, 2.05) is 59.7 Å². The summed E-state index contributed by atoms with van der Waals surface area (Å²) in [6.07, 6.45) is 18.1. The fourth-order valence-corrected chi connectivity index (χ4v) is 4.81. The molecule has 0 aliphatic carbocycles. The van der Waals surface area contributed by atoms with Crippen LogP contribution in [0.4, 0.5) is 11.4 Å². The highest BCUT2D eigenvalue weighted by Gasteiger charge is 2.27. The molecule has 2 aromatic heterocycles. The molecule has 4 rings (SSSR count). The SMILES string of the molecule is Cn1c(/C=C/C=C/C=C/C=C/C=C/c2c(O)[n+](C)c(-c3ccc([N+](=O)[O-])cc3)n2C)c(O)[n+](C)c1-c1ccc([N+](=O)[O-])cc1. The van der Waals surface area contributed by atoms with Crippen LogP contribution in [-0.4, -0.2) is 29.2 Å². The van der Waals surface area contributed by atoms with Crippen LogP contribution in [0, 0.1) is 20.2 Å². The van der Waals surface area contributed by atoms with Crippen LogP contribution in [0.1, 0.15) is 11.4 Å². The zero-order valence-corrected chi connectivity index (χ0v) is 24.6. The number of imidazole rings is 2. The second kappa shape index (κ2) is 13.3. The largest absolute Gasteiger partial charge is 0.475 e. The predicted octanol–water partition coefficient (Wildman–Crippen LogP) is 4.97. The average molecular weight is 597 g/mol. The second-order valence-electron chi connectivity index (χ2n) is 9.78. The van der Waals surface area contributed by atoms with E-state index in [2.05, 4.69) is 0 Å². The Bertz CT molecular complexity index is 1720. The molecule has 0 spiro atoms. The number of hydrogen-bond donors (Lipinski definition) is 2. The molecule has 2 aromatic carbocycles. The summed E-state index contributed by atoms with van der Waals surface area (Å²) in [4.78, 5) is 21.0. The van der Waals surface area contributed by atoms with Crippen molar-refractivity contribution in [1.29, 1.82) is 0 Å². The molecular weight excluding hydrogens is 564 g/mol. The molecule has 2 heterocycles. The summed E-state index contributed by atoms with van der Waals surface area (Å²) in [6.45, 7) is 0. The van der Waals surface area contributed by atoms with Gasteiger partial charge in [0.2, 0.25) is 11.4 Å². The van der Waals surface area contributed by atoms with Gasteiger partial charge in [-0.2, -0.15) is 9.13 Å². The third kappa shape index (κ3) is 6.39. The summed E-state index contributed by atoms with van der Waals surface area (Å²) >= 11 is 0. The van der Waals surface area contributed by atoms with Crippen molar-refractivity contribution in [1.82, 2.24) is 9.13 Å². The standard InChI is InChI=1S/C32H30N6O6/c1-33-27(31(39)35(3)29(33)23-15-19-25(20-16-23)37(41)42)13-11-9-7-5-6-8-10-12-14-28-32(40)36(4)30(34(28)2)24-17-21-26(22-18-24)38(43)44/h5-22H,1-4H3/p+2/b6-5+,9-7+,10-8+,13-11+,14-12+. The van der Waals surface area contributed by atoms with Crippen LogP contribution in [0.2, 0.25) is 0 Å². The predicted molar refractivity (Wildman–Crippen MR) is 166 cm³/mol. The summed E-state index contributed by atoms with van der Waals surface area (Å²) < 4.78 is 6.86. The Hall–Kier alpha value is -6.04. The lowest BCUT2D eigenvalue weighted by atomic mass is 10.2. The number of non-ortho nitro benzene ring substituents is 2. The van der Waals surface area contributed by atoms with E-state index in [-0.39, 0.29) is 23.1 Å². The lowest BCUT2D eigenvalue weighted by Gasteiger charge is -1.98. The van der Waals surface area contributed by atoms with Gasteiger partial charge < -0.3 is 10.2 Å². The highest BCUT2D eigenvalue weighted by molar-refractivity contribution is 5.62. The van der Waals surface area contributed by atoms with Gasteiger partial charge in [-0.25, -0.2) is 9.13 Å². The first kappa shape index (κ1) is 30.9. The topological polar surface area (TPSA) is 144 Å². The normalized spacial score (nSPS) is 12.2. The van der Waals surface area contributed by atoms with Crippen LogP contribution < -0.4 is 9.13 Å². The highest BCUT2D eigenvalue weighted by Crippen LogP contribution is 2.27. The van der Waals surface area contributed by atoms with Gasteiger partial charge in [0.25, 0.3) is 23.0 Å². The van der Waals surface area contributed by atoms with Crippen LogP contribution in [0.5, 0.6) is 11.8 Å². The highest BCUT2D eigenvalue weighted by atomic mass is 16.6. The first-order chi connectivity index (χ1) is 21.0. The third-order valence-corrected chi connectivity index (χ3v) is 7.05. The summed E-state index contributed by atoms with van der Waals surface area (Å²) in [5.41, 5.74) is 2.62. The molecule has 12 heteroatoms. The Balaban J connectivity index is 1.38. The molecule has 0 amide bonds. The molecule has 4 aromatic rings. The van der Waals surface area contributed by atoms with Crippen LogP contribution in [0.25, 0.3) is 34.9 Å². The van der Waals surface area contributed by atoms with Gasteiger partial charge in [-0.15, -0.1) is 0 Å². The Morgan fingerprint density at radius 1 is 0.591 bits per heavy atom. The number of benzene rings is 2. The van der Waals surface area contributed by atoms with Gasteiger partial charge in [-0.3, -0.25) is 20.2 Å². The maximum absolute atomic E-state index is 11.0. The quantitative estimate of drug-likeness (QED) is 0.114. The van der Waals surface area contributed by atoms with Gasteiger partial charge in [-0.05, 0) is 36.4 Å². The van der Waals surface area contributed by atoms with Crippen molar-refractivity contribution in [3.63, 3.8) is 0 Å². The summed E-state index contributed by atoms with van der Waals surface area (Å²) in [7, 11) is 7.06. The summed E-state index contributed by atoms with van der Waals surface area (Å²) in [6, 6.07) is 12.3. The number of nitrogens with zero attached hydrogens (tertiary/aromatic N) is 6. The van der Waals surface area contributed by atoms with E-state index in [1.165, 1.54) is 24.3 Å². The Morgan fingerprint density at radius 2 is 0.886 bits per heavy atom. The minimum Gasteiger partial charge on any atom is -0.475 e. The Morgan fingerprint density at radius 3 is 1.18 bits per heavy atom. The molecular formula is C32H32N6O6+2. The Labute approximate surface area is 253 Å². The number of aromatic nitrogens is 4. The van der Waals surface area contributed by atoms with E-state index >= 15 is 0 Å². The van der Waals surface area contributed by atoms with Gasteiger partial charge in [0.05, 0.1) is 49.2 Å². The van der Waals surface area contributed by atoms with Gasteiger partial charge in [0.1, 0.15) is 0 Å². The zero-order valence-electron chi connectivity index (χ0n) is 24.6. The van der Waals surface area contributed by atoms with E-state index in [4.69, 9.17) is 0 Å². The maximum Gasteiger partial charge on any atom is 0.330 e. The first-order valence-electron chi connectivity index (χ1n) is 13.4. The summed E-state index contributed by atoms with van der Waals surface area (Å²) in [5, 5.41) is 43.2. The van der Waals surface area contributed by atoms with Crippen molar-refractivity contribution in [3.05, 3.63) is 129 Å². The van der Waals surface area contributed by atoms with Gasteiger partial charge in [-0.1, -0.05) is 48.6 Å². The molecule has 0 fully saturated rings. The van der Waals surface area contributed by atoms with Crippen LogP contribution in [-0.2, 0) is 28.2 Å². The number of rotatable bonds is 10. The molecule has 0 aliphatic rings. The number of hydrogen-bond acceptors (Lipinski definition) is 6. The van der Waals surface area contributed by atoms with Crippen LogP contribution in [0.3, 0.4) is 0 Å². The monoisotopic (exact) mass is 596 g/mol. The smallest absolute Gasteiger partial charge is 0.330 e. The molecule has 224 valence electrons. The number of nitro benzene ring substituents is 2. The molecule has 44 heavy (non-hydrogen) atoms. The fraction of sp³-hybridized carbons (Fsp3) is 0.125. The molecule has 0 saturated heterocycles. The molecule has 12 nitrogen and oxygen atoms in total. The number of nitro groups is 2. The third-order valence-electron chi connectivity index (χ3n) is 7.05. The van der Waals surface area contributed by atoms with E-state index in [0.717, 1.165) is 11.1 Å². The van der Waals surface area contributed by atoms with Crippen molar-refractivity contribution in [2.75, 3.05) is 0 Å². The second-order valence-corrected chi connectivity index (χ2v) is 9.78. The molecule has 0 saturated carbocycles. The fourth-order valence-electron chi connectivity index (χ4n) is 4.81. The lowest BCUT2D eigenvalue weighted by molar-refractivity contribution is -0.666. The lowest BCUT2D eigenvalue weighted by Crippen LogP contribution is -2.29. The van der Waals surface area contributed by atoms with E-state index in [1.54, 1.807) is 71.8 Å². The minimum absolute atomic E-state index is 0.000891. The van der Waals surface area contributed by atoms with E-state index < -0.39 is 9.85 Å². The maximum atomic E-state index is 11.0. The molecule has 0 radical (unpaired) electrons. The summed E-state index contributed by atoms with van der Waals surface area (Å²) in [5.74, 6) is 1.51. The molecule has 0 bridgehead atoms. The number of aromatic hydroxyl groups is 2. The Kier molecular flexibility index (Phi) is 9.34. The van der Waals surface area contributed by atoms with Gasteiger partial charge >= 0.3 is 11.8 Å². The van der Waals surface area contributed by atoms with Crippen LogP contribution >= 0.6 is 0 Å². The molecule has 0 unspecified atom stereocenters. The van der Waals surface area contributed by atoms with Gasteiger partial charge in [0, 0.05) is 24.3 Å². The zero-order chi connectivity index (χ0) is 32.0. The van der Waals surface area contributed by atoms with Crippen molar-refractivity contribution in [2.24, 2.45) is 28.2 Å². The van der Waals surface area contributed by atoms with Crippen molar-refractivity contribution in [2.45, 2.75) is 0 Å². The molecule has 0 atom stereocenters. The van der Waals surface area contributed by atoms with E-state index in [0.29, 0.717) is 23.0 Å². The van der Waals surface area contributed by atoms with E-state index in [9.17, 15) is 30.4 Å². The van der Waals surface area contributed by atoms with Crippen molar-refractivity contribution in [3.8, 4) is 34.5 Å². The molecule has 0 aliphatic heterocycles. The average Bonchev–Trinajstić information content (AvgIpc) is 3.35. The van der Waals surface area contributed by atoms with Crippen molar-refractivity contribution >= 4 is 23.5 Å². The van der Waals surface area contributed by atoms with Gasteiger partial charge in [0.15, 0.2) is 0 Å². The first-order valence-corrected chi connectivity index (χ1v) is 13.4. The van der Waals surface area contributed by atoms with Crippen LogP contribution in [0.15, 0.2) is 97.1 Å². The molecule has 2 N–H and O–H groups in total.